The van der Waals surface area contributed by atoms with Crippen molar-refractivity contribution >= 4 is 46.6 Å². The van der Waals surface area contributed by atoms with Crippen LogP contribution in [0.1, 0.15) is 23.6 Å². The molecule has 7 heteroatoms. The van der Waals surface area contributed by atoms with Gasteiger partial charge in [0.15, 0.2) is 0 Å². The van der Waals surface area contributed by atoms with Gasteiger partial charge in [-0.1, -0.05) is 83.3 Å². The summed E-state index contributed by atoms with van der Waals surface area (Å²) in [5.74, 6) is -0.457. The molecule has 33 heavy (non-hydrogen) atoms. The lowest BCUT2D eigenvalue weighted by Gasteiger charge is -2.32. The Bertz CT molecular complexity index is 1070. The molecule has 3 aromatic rings. The predicted molar refractivity (Wildman–Crippen MR) is 135 cm³/mol. The minimum Gasteiger partial charge on any atom is -0.355 e. The SMILES string of the molecule is CCNC(=O)[C@H](Cc1ccccc1)N(Cc1ccc(Cl)cc1)C(=O)Cc1c(Cl)cccc1Cl. The van der Waals surface area contributed by atoms with Crippen molar-refractivity contribution in [2.24, 2.45) is 0 Å². The summed E-state index contributed by atoms with van der Waals surface area (Å²) in [6, 6.07) is 21.3. The van der Waals surface area contributed by atoms with Gasteiger partial charge < -0.3 is 10.2 Å². The second-order valence-corrected chi connectivity index (χ2v) is 8.88. The van der Waals surface area contributed by atoms with Gasteiger partial charge in [-0.3, -0.25) is 9.59 Å². The first-order valence-corrected chi connectivity index (χ1v) is 11.8. The number of amides is 2. The molecular formula is C26H25Cl3N2O2. The largest absolute Gasteiger partial charge is 0.355 e. The molecule has 1 atom stereocenters. The second kappa shape index (κ2) is 12.1. The Morgan fingerprint density at radius 3 is 2.09 bits per heavy atom. The molecule has 4 nitrogen and oxygen atoms in total. The van der Waals surface area contributed by atoms with Gasteiger partial charge in [0, 0.05) is 34.6 Å². The number of carbonyl (C=O) groups is 2. The fourth-order valence-electron chi connectivity index (χ4n) is 3.59. The molecule has 0 unspecified atom stereocenters. The number of benzene rings is 3. The third-order valence-corrected chi connectivity index (χ3v) is 6.24. The molecule has 1 N–H and O–H groups in total. The zero-order valence-electron chi connectivity index (χ0n) is 18.2. The number of halogens is 3. The minimum absolute atomic E-state index is 0.0171. The molecule has 0 heterocycles. The van der Waals surface area contributed by atoms with Crippen LogP contribution in [0.5, 0.6) is 0 Å². The molecule has 0 fully saturated rings. The van der Waals surface area contributed by atoms with Crippen molar-refractivity contribution in [3.05, 3.63) is 105 Å². The Balaban J connectivity index is 1.98. The number of carbonyl (C=O) groups excluding carboxylic acids is 2. The number of rotatable bonds is 9. The summed E-state index contributed by atoms with van der Waals surface area (Å²) in [7, 11) is 0. The monoisotopic (exact) mass is 502 g/mol. The lowest BCUT2D eigenvalue weighted by molar-refractivity contribution is -0.140. The summed E-state index contributed by atoms with van der Waals surface area (Å²) in [6.45, 7) is 2.56. The van der Waals surface area contributed by atoms with Crippen LogP contribution >= 0.6 is 34.8 Å². The van der Waals surface area contributed by atoms with E-state index in [-0.39, 0.29) is 24.8 Å². The van der Waals surface area contributed by atoms with Gasteiger partial charge >= 0.3 is 0 Å². The van der Waals surface area contributed by atoms with Crippen LogP contribution in [0.4, 0.5) is 0 Å². The van der Waals surface area contributed by atoms with Crippen LogP contribution < -0.4 is 5.32 Å². The lowest BCUT2D eigenvalue weighted by Crippen LogP contribution is -2.51. The molecule has 0 radical (unpaired) electrons. The first kappa shape index (κ1) is 25.1. The predicted octanol–water partition coefficient (Wildman–Crippen LogP) is 5.97. The van der Waals surface area contributed by atoms with Crippen molar-refractivity contribution in [1.82, 2.24) is 10.2 Å². The number of nitrogens with zero attached hydrogens (tertiary/aromatic N) is 1. The van der Waals surface area contributed by atoms with Gasteiger partial charge in [-0.25, -0.2) is 0 Å². The molecule has 172 valence electrons. The molecular weight excluding hydrogens is 479 g/mol. The van der Waals surface area contributed by atoms with Gasteiger partial charge in [0.2, 0.25) is 11.8 Å². The highest BCUT2D eigenvalue weighted by Crippen LogP contribution is 2.26. The highest BCUT2D eigenvalue weighted by atomic mass is 35.5. The van der Waals surface area contributed by atoms with E-state index in [4.69, 9.17) is 34.8 Å². The summed E-state index contributed by atoms with van der Waals surface area (Å²) in [6.07, 6.45) is 0.360. The van der Waals surface area contributed by atoms with E-state index in [0.29, 0.717) is 33.6 Å². The summed E-state index contributed by atoms with van der Waals surface area (Å²) >= 11 is 18.7. The molecule has 0 aliphatic carbocycles. The molecule has 0 aromatic heterocycles. The second-order valence-electron chi connectivity index (χ2n) is 7.63. The Hall–Kier alpha value is -2.53. The molecule has 0 aliphatic heterocycles. The van der Waals surface area contributed by atoms with Crippen LogP contribution in [0.3, 0.4) is 0 Å². The van der Waals surface area contributed by atoms with E-state index in [0.717, 1.165) is 11.1 Å². The van der Waals surface area contributed by atoms with E-state index in [1.807, 2.05) is 49.4 Å². The number of nitrogens with one attached hydrogen (secondary N) is 1. The average molecular weight is 504 g/mol. The Morgan fingerprint density at radius 2 is 1.48 bits per heavy atom. The summed E-state index contributed by atoms with van der Waals surface area (Å²) in [5, 5.41) is 4.31. The molecule has 0 saturated heterocycles. The maximum atomic E-state index is 13.6. The van der Waals surface area contributed by atoms with Crippen molar-refractivity contribution in [3.63, 3.8) is 0 Å². The molecule has 0 saturated carbocycles. The molecule has 0 spiro atoms. The van der Waals surface area contributed by atoms with Gasteiger partial charge in [0.25, 0.3) is 0 Å². The fraction of sp³-hybridized carbons (Fsp3) is 0.231. The van der Waals surface area contributed by atoms with Crippen molar-refractivity contribution in [2.75, 3.05) is 6.54 Å². The quantitative estimate of drug-likeness (QED) is 0.391. The summed E-state index contributed by atoms with van der Waals surface area (Å²) in [5.41, 5.74) is 2.36. The minimum atomic E-state index is -0.711. The molecule has 0 bridgehead atoms. The van der Waals surface area contributed by atoms with Crippen LogP contribution in [0.2, 0.25) is 15.1 Å². The smallest absolute Gasteiger partial charge is 0.243 e. The van der Waals surface area contributed by atoms with Gasteiger partial charge in [-0.2, -0.15) is 0 Å². The zero-order chi connectivity index (χ0) is 23.8. The van der Waals surface area contributed by atoms with Crippen LogP contribution in [0.15, 0.2) is 72.8 Å². The highest BCUT2D eigenvalue weighted by Gasteiger charge is 2.30. The van der Waals surface area contributed by atoms with Crippen LogP contribution in [0, 0.1) is 0 Å². The standard InChI is InChI=1S/C26H25Cl3N2O2/c1-2-30-26(33)24(15-18-7-4-3-5-8-18)31(17-19-11-13-20(27)14-12-19)25(32)16-21-22(28)9-6-10-23(21)29/h3-14,24H,2,15-17H2,1H3,(H,30,33)/t24-/m0/s1. The number of likely N-dealkylation sites (N-methyl/N-ethyl adjacent to an activating group) is 1. The number of hydrogen-bond acceptors (Lipinski definition) is 2. The van der Waals surface area contributed by atoms with E-state index >= 15 is 0 Å². The first-order chi connectivity index (χ1) is 15.9. The fourth-order valence-corrected chi connectivity index (χ4v) is 4.24. The Kier molecular flexibility index (Phi) is 9.19. The maximum Gasteiger partial charge on any atom is 0.243 e. The summed E-state index contributed by atoms with van der Waals surface area (Å²) in [4.78, 5) is 28.4. The topological polar surface area (TPSA) is 49.4 Å². The van der Waals surface area contributed by atoms with Crippen molar-refractivity contribution in [3.8, 4) is 0 Å². The molecule has 2 amide bonds. The van der Waals surface area contributed by atoms with Crippen molar-refractivity contribution < 1.29 is 9.59 Å². The normalized spacial score (nSPS) is 11.6. The molecule has 0 aliphatic rings. The average Bonchev–Trinajstić information content (AvgIpc) is 2.80. The van der Waals surface area contributed by atoms with Crippen LogP contribution in [-0.4, -0.2) is 29.3 Å². The zero-order valence-corrected chi connectivity index (χ0v) is 20.5. The Labute approximate surface area is 209 Å². The molecule has 3 aromatic carbocycles. The van der Waals surface area contributed by atoms with Gasteiger partial charge in [-0.15, -0.1) is 0 Å². The Morgan fingerprint density at radius 1 is 0.848 bits per heavy atom. The van der Waals surface area contributed by atoms with Gasteiger partial charge in [0.1, 0.15) is 6.04 Å². The molecule has 3 rings (SSSR count). The van der Waals surface area contributed by atoms with Crippen LogP contribution in [-0.2, 0) is 29.0 Å². The van der Waals surface area contributed by atoms with Crippen molar-refractivity contribution in [2.45, 2.75) is 32.4 Å². The van der Waals surface area contributed by atoms with E-state index in [1.165, 1.54) is 0 Å². The van der Waals surface area contributed by atoms with Crippen molar-refractivity contribution in [1.29, 1.82) is 0 Å². The third-order valence-electron chi connectivity index (χ3n) is 5.28. The summed E-state index contributed by atoms with van der Waals surface area (Å²) < 4.78 is 0. The van der Waals surface area contributed by atoms with E-state index in [2.05, 4.69) is 5.32 Å². The van der Waals surface area contributed by atoms with E-state index in [1.54, 1.807) is 35.2 Å². The lowest BCUT2D eigenvalue weighted by atomic mass is 10.0. The van der Waals surface area contributed by atoms with E-state index in [9.17, 15) is 9.59 Å². The number of hydrogen-bond donors (Lipinski definition) is 1. The van der Waals surface area contributed by atoms with E-state index < -0.39 is 6.04 Å². The highest BCUT2D eigenvalue weighted by molar-refractivity contribution is 6.36. The maximum absolute atomic E-state index is 13.6. The van der Waals surface area contributed by atoms with Gasteiger partial charge in [-0.05, 0) is 47.9 Å². The first-order valence-electron chi connectivity index (χ1n) is 10.7. The van der Waals surface area contributed by atoms with Crippen LogP contribution in [0.25, 0.3) is 0 Å². The van der Waals surface area contributed by atoms with Gasteiger partial charge in [0.05, 0.1) is 6.42 Å². The third kappa shape index (κ3) is 6.97.